The van der Waals surface area contributed by atoms with Crippen LogP contribution in [0.3, 0.4) is 0 Å². The third kappa shape index (κ3) is 5.96. The van der Waals surface area contributed by atoms with E-state index in [2.05, 4.69) is 11.9 Å². The molecule has 1 N–H and O–H groups in total. The maximum absolute atomic E-state index is 11.6. The Morgan fingerprint density at radius 1 is 1.25 bits per heavy atom. The molecule has 0 fully saturated rings. The van der Waals surface area contributed by atoms with Crippen LogP contribution in [0.1, 0.15) is 55.9 Å². The molecule has 0 atom stereocenters. The predicted octanol–water partition coefficient (Wildman–Crippen LogP) is 3.46. The van der Waals surface area contributed by atoms with Crippen LogP contribution in [0, 0.1) is 0 Å². The van der Waals surface area contributed by atoms with Gasteiger partial charge in [-0.15, -0.1) is 0 Å². The van der Waals surface area contributed by atoms with Crippen molar-refractivity contribution < 1.29 is 17.9 Å². The van der Waals surface area contributed by atoms with E-state index in [4.69, 9.17) is 15.4 Å². The third-order valence-corrected chi connectivity index (χ3v) is 4.22. The fourth-order valence-corrected chi connectivity index (χ4v) is 2.48. The Morgan fingerprint density at radius 3 is 2.50 bits per heavy atom. The molecule has 1 heterocycles. The van der Waals surface area contributed by atoms with E-state index in [9.17, 15) is 13.2 Å². The predicted molar refractivity (Wildman–Crippen MR) is 77.5 cm³/mol. The van der Waals surface area contributed by atoms with Gasteiger partial charge in [0.15, 0.2) is 0 Å². The molecule has 0 radical (unpaired) electrons. The number of esters is 1. The lowest BCUT2D eigenvalue weighted by Crippen LogP contribution is -2.06. The number of hydrogen-bond acceptors (Lipinski definition) is 4. The van der Waals surface area contributed by atoms with Gasteiger partial charge in [0.1, 0.15) is 10.6 Å². The summed E-state index contributed by atoms with van der Waals surface area (Å²) >= 11 is 0. The summed E-state index contributed by atoms with van der Waals surface area (Å²) in [5, 5.41) is 0. The molecular weight excluding hydrogens is 302 g/mol. The highest BCUT2D eigenvalue weighted by molar-refractivity contribution is 8.13. The molecule has 0 amide bonds. The summed E-state index contributed by atoms with van der Waals surface area (Å²) in [4.78, 5) is 14.0. The zero-order valence-corrected chi connectivity index (χ0v) is 13.1. The Kier molecular flexibility index (Phi) is 7.09. The van der Waals surface area contributed by atoms with E-state index in [1.165, 1.54) is 31.5 Å². The molecule has 5 nitrogen and oxygen atoms in total. The summed E-state index contributed by atoms with van der Waals surface area (Å²) in [5.41, 5.74) is 0.0928. The van der Waals surface area contributed by atoms with Gasteiger partial charge in [0, 0.05) is 16.9 Å². The highest BCUT2D eigenvalue weighted by atomic mass is 35.7. The number of rotatable bonds is 9. The Labute approximate surface area is 124 Å². The second kappa shape index (κ2) is 8.32. The molecule has 1 rings (SSSR count). The molecule has 0 aliphatic carbocycles. The Morgan fingerprint density at radius 2 is 1.90 bits per heavy atom. The number of nitrogens with one attached hydrogen (secondary N) is 1. The summed E-state index contributed by atoms with van der Waals surface area (Å²) in [7, 11) is 1.34. The molecule has 0 saturated carbocycles. The molecule has 1 aromatic rings. The Balaban J connectivity index is 2.28. The lowest BCUT2D eigenvalue weighted by Gasteiger charge is -2.03. The normalized spacial score (nSPS) is 11.5. The minimum absolute atomic E-state index is 0.0928. The second-order valence-electron chi connectivity index (χ2n) is 4.59. The first-order valence-corrected chi connectivity index (χ1v) is 9.06. The van der Waals surface area contributed by atoms with Crippen LogP contribution in [0.2, 0.25) is 0 Å². The number of aromatic amines is 1. The standard InChI is InChI=1S/C13H20ClNO4S/c1-2-3-4-5-6-7-8-19-13(16)12-9-11(10-15-12)20(14,17)18/h9-10,15H,2-8H2,1H3. The monoisotopic (exact) mass is 321 g/mol. The van der Waals surface area contributed by atoms with Gasteiger partial charge in [0.25, 0.3) is 9.05 Å². The summed E-state index contributed by atoms with van der Waals surface area (Å²) in [6.45, 7) is 2.50. The van der Waals surface area contributed by atoms with Crippen LogP contribution < -0.4 is 0 Å². The van der Waals surface area contributed by atoms with E-state index in [0.29, 0.717) is 6.61 Å². The van der Waals surface area contributed by atoms with Crippen molar-refractivity contribution in [3.63, 3.8) is 0 Å². The third-order valence-electron chi connectivity index (χ3n) is 2.89. The average Bonchev–Trinajstić information content (AvgIpc) is 2.87. The number of halogens is 1. The van der Waals surface area contributed by atoms with E-state index in [-0.39, 0.29) is 10.6 Å². The van der Waals surface area contributed by atoms with Crippen LogP contribution in [-0.2, 0) is 13.8 Å². The van der Waals surface area contributed by atoms with Crippen molar-refractivity contribution in [2.24, 2.45) is 0 Å². The zero-order chi connectivity index (χ0) is 15.0. The maximum Gasteiger partial charge on any atom is 0.354 e. The van der Waals surface area contributed by atoms with E-state index in [0.717, 1.165) is 19.3 Å². The molecule has 114 valence electrons. The largest absolute Gasteiger partial charge is 0.461 e. The van der Waals surface area contributed by atoms with Gasteiger partial charge in [-0.25, -0.2) is 13.2 Å². The second-order valence-corrected chi connectivity index (χ2v) is 7.16. The van der Waals surface area contributed by atoms with Crippen LogP contribution >= 0.6 is 10.7 Å². The maximum atomic E-state index is 11.6. The van der Waals surface area contributed by atoms with E-state index >= 15 is 0 Å². The molecular formula is C13H20ClNO4S. The van der Waals surface area contributed by atoms with Gasteiger partial charge in [-0.05, 0) is 12.5 Å². The zero-order valence-electron chi connectivity index (χ0n) is 11.5. The minimum Gasteiger partial charge on any atom is -0.461 e. The lowest BCUT2D eigenvalue weighted by atomic mass is 10.1. The van der Waals surface area contributed by atoms with Gasteiger partial charge in [0.05, 0.1) is 6.61 Å². The van der Waals surface area contributed by atoms with Crippen molar-refractivity contribution in [2.75, 3.05) is 6.61 Å². The highest BCUT2D eigenvalue weighted by Crippen LogP contribution is 2.16. The fourth-order valence-electron chi connectivity index (χ4n) is 1.76. The van der Waals surface area contributed by atoms with Crippen LogP contribution in [0.4, 0.5) is 0 Å². The highest BCUT2D eigenvalue weighted by Gasteiger charge is 2.16. The topological polar surface area (TPSA) is 76.2 Å². The van der Waals surface area contributed by atoms with Crippen LogP contribution in [0.5, 0.6) is 0 Å². The van der Waals surface area contributed by atoms with Crippen LogP contribution in [0.15, 0.2) is 17.2 Å². The molecule has 0 spiro atoms. The fraction of sp³-hybridized carbons (Fsp3) is 0.615. The summed E-state index contributed by atoms with van der Waals surface area (Å²) < 4.78 is 27.1. The molecule has 0 aliphatic rings. The van der Waals surface area contributed by atoms with Crippen LogP contribution in [0.25, 0.3) is 0 Å². The van der Waals surface area contributed by atoms with E-state index < -0.39 is 15.0 Å². The van der Waals surface area contributed by atoms with Crippen molar-refractivity contribution in [3.05, 3.63) is 18.0 Å². The summed E-state index contributed by atoms with van der Waals surface area (Å²) in [6, 6.07) is 1.17. The number of carbonyl (C=O) groups excluding carboxylic acids is 1. The van der Waals surface area contributed by atoms with Gasteiger partial charge in [0.2, 0.25) is 0 Å². The van der Waals surface area contributed by atoms with Crippen molar-refractivity contribution in [2.45, 2.75) is 50.3 Å². The number of aromatic nitrogens is 1. The first-order valence-electron chi connectivity index (χ1n) is 6.75. The van der Waals surface area contributed by atoms with Crippen molar-refractivity contribution >= 4 is 25.7 Å². The Bertz CT molecular complexity index is 524. The minimum atomic E-state index is -3.82. The molecule has 1 aromatic heterocycles. The summed E-state index contributed by atoms with van der Waals surface area (Å²) in [6.07, 6.45) is 7.80. The molecule has 20 heavy (non-hydrogen) atoms. The molecule has 0 unspecified atom stereocenters. The van der Waals surface area contributed by atoms with E-state index in [1.54, 1.807) is 0 Å². The lowest BCUT2D eigenvalue weighted by molar-refractivity contribution is 0.0491. The quantitative estimate of drug-likeness (QED) is 0.429. The number of hydrogen-bond donors (Lipinski definition) is 1. The Hall–Kier alpha value is -1.01. The molecule has 0 saturated heterocycles. The first kappa shape index (κ1) is 17.0. The van der Waals surface area contributed by atoms with Crippen molar-refractivity contribution in [1.82, 2.24) is 4.98 Å². The number of H-pyrrole nitrogens is 1. The molecule has 0 aromatic carbocycles. The molecule has 0 bridgehead atoms. The first-order chi connectivity index (χ1) is 9.45. The van der Waals surface area contributed by atoms with Gasteiger partial charge >= 0.3 is 5.97 Å². The number of ether oxygens (including phenoxy) is 1. The smallest absolute Gasteiger partial charge is 0.354 e. The van der Waals surface area contributed by atoms with Crippen molar-refractivity contribution in [3.8, 4) is 0 Å². The van der Waals surface area contributed by atoms with Gasteiger partial charge < -0.3 is 9.72 Å². The van der Waals surface area contributed by atoms with Gasteiger partial charge in [-0.1, -0.05) is 39.0 Å². The summed E-state index contributed by atoms with van der Waals surface area (Å²) in [5.74, 6) is -0.565. The molecule has 0 aliphatic heterocycles. The van der Waals surface area contributed by atoms with Crippen molar-refractivity contribution in [1.29, 1.82) is 0 Å². The average molecular weight is 322 g/mol. The van der Waals surface area contributed by atoms with Gasteiger partial charge in [-0.3, -0.25) is 0 Å². The number of carbonyl (C=O) groups is 1. The van der Waals surface area contributed by atoms with Crippen LogP contribution in [-0.4, -0.2) is 26.0 Å². The SMILES string of the molecule is CCCCCCCCOC(=O)c1cc(S(=O)(=O)Cl)c[nH]1. The number of unbranched alkanes of at least 4 members (excludes halogenated alkanes) is 5. The van der Waals surface area contributed by atoms with Gasteiger partial charge in [-0.2, -0.15) is 0 Å². The molecule has 7 heteroatoms. The van der Waals surface area contributed by atoms with E-state index in [1.807, 2.05) is 0 Å².